The third-order valence-electron chi connectivity index (χ3n) is 2.30. The van der Waals surface area contributed by atoms with E-state index in [0.29, 0.717) is 0 Å². The fourth-order valence-electron chi connectivity index (χ4n) is 1.19. The lowest BCUT2D eigenvalue weighted by molar-refractivity contribution is -0.131. The Bertz CT molecular complexity index is 302. The molecule has 0 fully saturated rings. The molecule has 1 atom stereocenters. The Labute approximate surface area is 104 Å². The second-order valence-corrected chi connectivity index (χ2v) is 5.07. The highest BCUT2D eigenvalue weighted by Gasteiger charge is 2.27. The van der Waals surface area contributed by atoms with E-state index in [1.54, 1.807) is 19.1 Å². The molecule has 98 valence electrons. The fourth-order valence-corrected chi connectivity index (χ4v) is 1.19. The van der Waals surface area contributed by atoms with Crippen molar-refractivity contribution in [3.63, 3.8) is 0 Å². The van der Waals surface area contributed by atoms with Gasteiger partial charge in [-0.1, -0.05) is 27.7 Å². The Morgan fingerprint density at radius 1 is 1.47 bits per heavy atom. The normalized spacial score (nSPS) is 19.6. The zero-order valence-electron chi connectivity index (χ0n) is 11.6. The van der Waals surface area contributed by atoms with Crippen LogP contribution in [0.3, 0.4) is 0 Å². The molecule has 0 spiro atoms. The summed E-state index contributed by atoms with van der Waals surface area (Å²) in [6.07, 6.45) is 3.43. The number of likely N-dealkylation sites (N-methyl/N-ethyl adjacent to an activating group) is 1. The van der Waals surface area contributed by atoms with Crippen molar-refractivity contribution in [3.8, 4) is 0 Å². The first-order valence-corrected chi connectivity index (χ1v) is 5.73. The van der Waals surface area contributed by atoms with Crippen molar-refractivity contribution < 1.29 is 14.3 Å². The molecule has 0 saturated carbocycles. The number of ether oxygens (including phenoxy) is 1. The Morgan fingerprint density at radius 3 is 2.12 bits per heavy atom. The van der Waals surface area contributed by atoms with Crippen molar-refractivity contribution in [2.75, 3.05) is 14.2 Å². The lowest BCUT2D eigenvalue weighted by Crippen LogP contribution is -2.31. The standard InChI is InChI=1S/C8H13NO2.C5H10O/c1-4-6-5-7(11-3)9(2)8(6)10;1-5(2,3)4-6/h5,7H,4H2,1-3H3;4H,1-3H3. The van der Waals surface area contributed by atoms with Crippen LogP contribution in [-0.4, -0.2) is 37.5 Å². The summed E-state index contributed by atoms with van der Waals surface area (Å²) in [5.41, 5.74) is 0.708. The number of hydrogen-bond donors (Lipinski definition) is 0. The SMILES string of the molecule is CC(C)(C)C=O.CCC1=CC(OC)N(C)C1=O. The van der Waals surface area contributed by atoms with Gasteiger partial charge in [0.2, 0.25) is 0 Å². The third-order valence-corrected chi connectivity index (χ3v) is 2.30. The van der Waals surface area contributed by atoms with Crippen LogP contribution in [0.1, 0.15) is 34.1 Å². The zero-order chi connectivity index (χ0) is 13.6. The van der Waals surface area contributed by atoms with Gasteiger partial charge in [-0.15, -0.1) is 0 Å². The minimum atomic E-state index is -0.155. The van der Waals surface area contributed by atoms with Crippen LogP contribution in [0.5, 0.6) is 0 Å². The van der Waals surface area contributed by atoms with Crippen molar-refractivity contribution in [1.82, 2.24) is 4.90 Å². The highest BCUT2D eigenvalue weighted by molar-refractivity contribution is 5.95. The highest BCUT2D eigenvalue weighted by atomic mass is 16.5. The second kappa shape index (κ2) is 6.55. The summed E-state index contributed by atoms with van der Waals surface area (Å²) in [5, 5.41) is 0. The molecule has 0 radical (unpaired) electrons. The van der Waals surface area contributed by atoms with Gasteiger partial charge in [0.25, 0.3) is 5.91 Å². The van der Waals surface area contributed by atoms with E-state index in [-0.39, 0.29) is 17.6 Å². The number of amides is 1. The van der Waals surface area contributed by atoms with Crippen LogP contribution in [0.2, 0.25) is 0 Å². The molecule has 17 heavy (non-hydrogen) atoms. The average Bonchev–Trinajstić information content (AvgIpc) is 2.55. The highest BCUT2D eigenvalue weighted by Crippen LogP contribution is 2.18. The zero-order valence-corrected chi connectivity index (χ0v) is 11.6. The first-order valence-electron chi connectivity index (χ1n) is 5.73. The molecule has 1 aliphatic heterocycles. The molecule has 4 nitrogen and oxygen atoms in total. The number of carbonyl (C=O) groups is 2. The van der Waals surface area contributed by atoms with Gasteiger partial charge in [0, 0.05) is 25.1 Å². The summed E-state index contributed by atoms with van der Waals surface area (Å²) in [7, 11) is 3.35. The third kappa shape index (κ3) is 5.13. The number of nitrogens with zero attached hydrogens (tertiary/aromatic N) is 1. The van der Waals surface area contributed by atoms with Crippen molar-refractivity contribution >= 4 is 12.2 Å². The topological polar surface area (TPSA) is 46.6 Å². The minimum absolute atomic E-state index is 0.0827. The Kier molecular flexibility index (Phi) is 6.10. The molecule has 1 unspecified atom stereocenters. The van der Waals surface area contributed by atoms with Crippen molar-refractivity contribution in [2.24, 2.45) is 5.41 Å². The van der Waals surface area contributed by atoms with E-state index >= 15 is 0 Å². The Morgan fingerprint density at radius 2 is 1.94 bits per heavy atom. The van der Waals surface area contributed by atoms with Gasteiger partial charge in [-0.05, 0) is 12.5 Å². The molecule has 0 N–H and O–H groups in total. The molecule has 0 saturated heterocycles. The molecule has 0 aromatic rings. The maximum absolute atomic E-state index is 11.3. The van der Waals surface area contributed by atoms with E-state index in [0.717, 1.165) is 18.3 Å². The largest absolute Gasteiger partial charge is 0.358 e. The van der Waals surface area contributed by atoms with E-state index in [2.05, 4.69) is 0 Å². The lowest BCUT2D eigenvalue weighted by atomic mass is 10.0. The van der Waals surface area contributed by atoms with E-state index in [1.807, 2.05) is 33.8 Å². The van der Waals surface area contributed by atoms with Crippen LogP contribution in [0.25, 0.3) is 0 Å². The van der Waals surface area contributed by atoms with E-state index < -0.39 is 0 Å². The van der Waals surface area contributed by atoms with Gasteiger partial charge >= 0.3 is 0 Å². The number of hydrogen-bond acceptors (Lipinski definition) is 3. The summed E-state index contributed by atoms with van der Waals surface area (Å²) in [6.45, 7) is 7.59. The Hall–Kier alpha value is -1.16. The number of aldehydes is 1. The molecule has 1 amide bonds. The molecule has 1 aliphatic rings. The monoisotopic (exact) mass is 241 g/mol. The lowest BCUT2D eigenvalue weighted by Gasteiger charge is -2.17. The van der Waals surface area contributed by atoms with Crippen LogP contribution >= 0.6 is 0 Å². The second-order valence-electron chi connectivity index (χ2n) is 5.07. The number of carbonyl (C=O) groups excluding carboxylic acids is 2. The molecule has 0 aromatic carbocycles. The van der Waals surface area contributed by atoms with Gasteiger partial charge in [-0.25, -0.2) is 0 Å². The fraction of sp³-hybridized carbons (Fsp3) is 0.692. The first-order chi connectivity index (χ1) is 7.76. The maximum Gasteiger partial charge on any atom is 0.251 e. The van der Waals surface area contributed by atoms with E-state index in [1.165, 1.54) is 0 Å². The first kappa shape index (κ1) is 15.8. The molecular formula is C13H23NO3. The van der Waals surface area contributed by atoms with E-state index in [4.69, 9.17) is 4.74 Å². The summed E-state index contributed by atoms with van der Waals surface area (Å²) >= 11 is 0. The molecule has 0 aromatic heterocycles. The molecular weight excluding hydrogens is 218 g/mol. The van der Waals surface area contributed by atoms with Crippen LogP contribution in [0.15, 0.2) is 11.6 Å². The van der Waals surface area contributed by atoms with Gasteiger partial charge in [0.15, 0.2) is 6.23 Å². The minimum Gasteiger partial charge on any atom is -0.358 e. The predicted molar refractivity (Wildman–Crippen MR) is 67.5 cm³/mol. The van der Waals surface area contributed by atoms with Gasteiger partial charge in [-0.2, -0.15) is 0 Å². The van der Waals surface area contributed by atoms with Gasteiger partial charge < -0.3 is 14.4 Å². The summed E-state index contributed by atoms with van der Waals surface area (Å²) in [5.74, 6) is 0.0827. The Balaban J connectivity index is 0.000000366. The summed E-state index contributed by atoms with van der Waals surface area (Å²) in [6, 6.07) is 0. The smallest absolute Gasteiger partial charge is 0.251 e. The molecule has 4 heteroatoms. The van der Waals surface area contributed by atoms with Crippen molar-refractivity contribution in [1.29, 1.82) is 0 Å². The van der Waals surface area contributed by atoms with E-state index in [9.17, 15) is 9.59 Å². The molecule has 1 rings (SSSR count). The number of methoxy groups -OCH3 is 1. The van der Waals surface area contributed by atoms with Crippen LogP contribution < -0.4 is 0 Å². The van der Waals surface area contributed by atoms with Crippen molar-refractivity contribution in [2.45, 2.75) is 40.3 Å². The number of rotatable bonds is 2. The van der Waals surface area contributed by atoms with Gasteiger partial charge in [0.1, 0.15) is 6.29 Å². The molecule has 0 aliphatic carbocycles. The van der Waals surface area contributed by atoms with Crippen LogP contribution in [0, 0.1) is 5.41 Å². The maximum atomic E-state index is 11.3. The molecule has 0 bridgehead atoms. The molecule has 1 heterocycles. The summed E-state index contributed by atoms with van der Waals surface area (Å²) < 4.78 is 5.05. The van der Waals surface area contributed by atoms with Crippen LogP contribution in [-0.2, 0) is 14.3 Å². The van der Waals surface area contributed by atoms with Crippen LogP contribution in [0.4, 0.5) is 0 Å². The van der Waals surface area contributed by atoms with Crippen molar-refractivity contribution in [3.05, 3.63) is 11.6 Å². The van der Waals surface area contributed by atoms with Gasteiger partial charge in [-0.3, -0.25) is 4.79 Å². The predicted octanol–water partition coefficient (Wildman–Crippen LogP) is 2.00. The summed E-state index contributed by atoms with van der Waals surface area (Å²) in [4.78, 5) is 22.7. The quantitative estimate of drug-likeness (QED) is 0.695. The average molecular weight is 241 g/mol. The van der Waals surface area contributed by atoms with Gasteiger partial charge in [0.05, 0.1) is 0 Å².